The van der Waals surface area contributed by atoms with Crippen molar-refractivity contribution in [2.75, 3.05) is 6.61 Å². The lowest BCUT2D eigenvalue weighted by molar-refractivity contribution is 0.0995. The van der Waals surface area contributed by atoms with Gasteiger partial charge in [0.05, 0.1) is 12.1 Å². The summed E-state index contributed by atoms with van der Waals surface area (Å²) in [4.78, 5) is 14.9. The van der Waals surface area contributed by atoms with Gasteiger partial charge in [-0.25, -0.2) is 4.39 Å². The Hall–Kier alpha value is -3.22. The van der Waals surface area contributed by atoms with Crippen LogP contribution >= 0.6 is 0 Å². The van der Waals surface area contributed by atoms with Crippen molar-refractivity contribution in [1.82, 2.24) is 4.98 Å². The molecule has 0 aliphatic heterocycles. The van der Waals surface area contributed by atoms with Crippen molar-refractivity contribution < 1.29 is 19.0 Å². The molecular formula is C21H22FN3O3. The van der Waals surface area contributed by atoms with E-state index in [0.717, 1.165) is 12.8 Å². The third-order valence-corrected chi connectivity index (χ3v) is 4.32. The van der Waals surface area contributed by atoms with E-state index >= 15 is 0 Å². The van der Waals surface area contributed by atoms with E-state index in [1.54, 1.807) is 24.3 Å². The van der Waals surface area contributed by atoms with Gasteiger partial charge in [-0.1, -0.05) is 26.2 Å². The molecule has 2 N–H and O–H groups in total. The standard InChI is InChI=1S/C21H22FN3O3/c1-2-3-4-5-12-28-16-9-6-14(7-10-16)20(26)25-24-19-17-13-15(22)8-11-18(17)23-21(19)27/h6-11,13,23,27H,2-5,12H2,1H3. The normalized spacial score (nSPS) is 11.4. The van der Waals surface area contributed by atoms with Crippen LogP contribution in [-0.2, 0) is 0 Å². The van der Waals surface area contributed by atoms with Gasteiger partial charge in [0, 0.05) is 10.9 Å². The fraction of sp³-hybridized carbons (Fsp3) is 0.286. The quantitative estimate of drug-likeness (QED) is 0.375. The van der Waals surface area contributed by atoms with E-state index < -0.39 is 11.7 Å². The maximum absolute atomic E-state index is 13.4. The second-order valence-corrected chi connectivity index (χ2v) is 6.45. The summed E-state index contributed by atoms with van der Waals surface area (Å²) in [5, 5.41) is 17.7. The third-order valence-electron chi connectivity index (χ3n) is 4.32. The molecule has 1 amide bonds. The van der Waals surface area contributed by atoms with Crippen LogP contribution in [0.25, 0.3) is 10.9 Å². The predicted molar refractivity (Wildman–Crippen MR) is 105 cm³/mol. The van der Waals surface area contributed by atoms with Crippen LogP contribution in [0.1, 0.15) is 43.0 Å². The maximum Gasteiger partial charge on any atom is 0.295 e. The number of H-pyrrole nitrogens is 1. The molecule has 0 aliphatic rings. The van der Waals surface area contributed by atoms with E-state index in [1.807, 2.05) is 0 Å². The van der Waals surface area contributed by atoms with Gasteiger partial charge in [0.25, 0.3) is 5.91 Å². The number of ether oxygens (including phenoxy) is 1. The molecule has 0 unspecified atom stereocenters. The number of azo groups is 1. The average Bonchev–Trinajstić information content (AvgIpc) is 3.01. The molecule has 146 valence electrons. The van der Waals surface area contributed by atoms with Crippen molar-refractivity contribution >= 4 is 22.5 Å². The first-order valence-corrected chi connectivity index (χ1v) is 9.27. The third kappa shape index (κ3) is 4.73. The summed E-state index contributed by atoms with van der Waals surface area (Å²) >= 11 is 0. The van der Waals surface area contributed by atoms with Gasteiger partial charge in [-0.05, 0) is 48.9 Å². The summed E-state index contributed by atoms with van der Waals surface area (Å²) in [6.07, 6.45) is 4.51. The second-order valence-electron chi connectivity index (χ2n) is 6.45. The van der Waals surface area contributed by atoms with E-state index in [4.69, 9.17) is 4.74 Å². The Labute approximate surface area is 162 Å². The van der Waals surface area contributed by atoms with Crippen LogP contribution in [0.5, 0.6) is 11.6 Å². The SMILES string of the molecule is CCCCCCOc1ccc(C(=O)N=Nc2c(O)[nH]c3ccc(F)cc23)cc1. The van der Waals surface area contributed by atoms with Crippen LogP contribution in [-0.4, -0.2) is 22.6 Å². The van der Waals surface area contributed by atoms with E-state index in [9.17, 15) is 14.3 Å². The van der Waals surface area contributed by atoms with Gasteiger partial charge in [-0.3, -0.25) is 4.79 Å². The summed E-state index contributed by atoms with van der Waals surface area (Å²) in [6, 6.07) is 10.6. The highest BCUT2D eigenvalue weighted by Crippen LogP contribution is 2.35. The number of hydrogen-bond acceptors (Lipinski definition) is 4. The number of amides is 1. The van der Waals surface area contributed by atoms with E-state index in [1.165, 1.54) is 31.0 Å². The summed E-state index contributed by atoms with van der Waals surface area (Å²) in [5.74, 6) is -0.627. The monoisotopic (exact) mass is 383 g/mol. The number of aromatic amines is 1. The van der Waals surface area contributed by atoms with Gasteiger partial charge in [-0.2, -0.15) is 0 Å². The number of aromatic hydroxyl groups is 1. The average molecular weight is 383 g/mol. The maximum atomic E-state index is 13.4. The number of fused-ring (bicyclic) bond motifs is 1. The first-order chi connectivity index (χ1) is 13.6. The molecule has 0 atom stereocenters. The molecular weight excluding hydrogens is 361 g/mol. The van der Waals surface area contributed by atoms with Gasteiger partial charge < -0.3 is 14.8 Å². The number of halogens is 1. The number of nitrogens with zero attached hydrogens (tertiary/aromatic N) is 2. The highest BCUT2D eigenvalue weighted by atomic mass is 19.1. The molecule has 0 aliphatic carbocycles. The Morgan fingerprint density at radius 3 is 2.68 bits per heavy atom. The topological polar surface area (TPSA) is 87.0 Å². The molecule has 0 spiro atoms. The highest BCUT2D eigenvalue weighted by Gasteiger charge is 2.12. The number of nitrogens with one attached hydrogen (secondary N) is 1. The van der Waals surface area contributed by atoms with Crippen molar-refractivity contribution in [3.63, 3.8) is 0 Å². The van der Waals surface area contributed by atoms with Gasteiger partial charge in [-0.15, -0.1) is 10.2 Å². The Kier molecular flexibility index (Phi) is 6.37. The summed E-state index contributed by atoms with van der Waals surface area (Å²) in [6.45, 7) is 2.80. The number of benzene rings is 2. The zero-order chi connectivity index (χ0) is 19.9. The largest absolute Gasteiger partial charge is 0.494 e. The molecule has 6 nitrogen and oxygen atoms in total. The van der Waals surface area contributed by atoms with Crippen LogP contribution < -0.4 is 4.74 Å². The van der Waals surface area contributed by atoms with Gasteiger partial charge in [0.15, 0.2) is 5.69 Å². The number of hydrogen-bond donors (Lipinski definition) is 2. The number of aromatic nitrogens is 1. The van der Waals surface area contributed by atoms with E-state index in [-0.39, 0.29) is 11.6 Å². The summed E-state index contributed by atoms with van der Waals surface area (Å²) in [5.41, 5.74) is 0.864. The smallest absolute Gasteiger partial charge is 0.295 e. The lowest BCUT2D eigenvalue weighted by atomic mass is 10.2. The zero-order valence-corrected chi connectivity index (χ0v) is 15.6. The van der Waals surface area contributed by atoms with Gasteiger partial charge in [0.2, 0.25) is 5.88 Å². The molecule has 28 heavy (non-hydrogen) atoms. The minimum Gasteiger partial charge on any atom is -0.494 e. The van der Waals surface area contributed by atoms with E-state index in [0.29, 0.717) is 28.8 Å². The summed E-state index contributed by atoms with van der Waals surface area (Å²) in [7, 11) is 0. The molecule has 3 rings (SSSR count). The fourth-order valence-electron chi connectivity index (χ4n) is 2.80. The van der Waals surface area contributed by atoms with Crippen molar-refractivity contribution in [2.45, 2.75) is 32.6 Å². The molecule has 0 saturated carbocycles. The molecule has 3 aromatic rings. The molecule has 2 aromatic carbocycles. The van der Waals surface area contributed by atoms with Crippen LogP contribution in [0.15, 0.2) is 52.7 Å². The van der Waals surface area contributed by atoms with Crippen molar-refractivity contribution in [3.05, 3.63) is 53.8 Å². The lowest BCUT2D eigenvalue weighted by Crippen LogP contribution is -1.98. The van der Waals surface area contributed by atoms with E-state index in [2.05, 4.69) is 22.1 Å². The van der Waals surface area contributed by atoms with Crippen LogP contribution in [0.4, 0.5) is 10.1 Å². The predicted octanol–water partition coefficient (Wildman–Crippen LogP) is 5.90. The minimum atomic E-state index is -0.570. The molecule has 1 heterocycles. The van der Waals surface area contributed by atoms with Crippen LogP contribution in [0.2, 0.25) is 0 Å². The van der Waals surface area contributed by atoms with Gasteiger partial charge >= 0.3 is 0 Å². The minimum absolute atomic E-state index is 0.0230. The molecule has 0 fully saturated rings. The van der Waals surface area contributed by atoms with Gasteiger partial charge in [0.1, 0.15) is 11.6 Å². The Morgan fingerprint density at radius 2 is 1.93 bits per heavy atom. The number of carbonyl (C=O) groups is 1. The van der Waals surface area contributed by atoms with Crippen molar-refractivity contribution in [3.8, 4) is 11.6 Å². The molecule has 0 saturated heterocycles. The zero-order valence-electron chi connectivity index (χ0n) is 15.6. The molecule has 0 bridgehead atoms. The number of carbonyl (C=O) groups excluding carboxylic acids is 1. The Bertz CT molecular complexity index is 980. The first kappa shape index (κ1) is 19.5. The molecule has 1 aromatic heterocycles. The number of unbranched alkanes of at least 4 members (excludes halogenated alkanes) is 3. The molecule has 7 heteroatoms. The lowest BCUT2D eigenvalue weighted by Gasteiger charge is -2.06. The van der Waals surface area contributed by atoms with Crippen LogP contribution in [0.3, 0.4) is 0 Å². The summed E-state index contributed by atoms with van der Waals surface area (Å²) < 4.78 is 19.1. The highest BCUT2D eigenvalue weighted by molar-refractivity contribution is 5.97. The Balaban J connectivity index is 1.65. The van der Waals surface area contributed by atoms with Crippen molar-refractivity contribution in [2.24, 2.45) is 10.2 Å². The fourth-order valence-corrected chi connectivity index (χ4v) is 2.80. The van der Waals surface area contributed by atoms with Crippen LogP contribution in [0, 0.1) is 5.82 Å². The first-order valence-electron chi connectivity index (χ1n) is 9.27. The molecule has 0 radical (unpaired) electrons. The Morgan fingerprint density at radius 1 is 1.14 bits per heavy atom. The van der Waals surface area contributed by atoms with Crippen molar-refractivity contribution in [1.29, 1.82) is 0 Å². The second kappa shape index (κ2) is 9.12. The number of rotatable bonds is 8.